The molecule has 0 spiro atoms. The summed E-state index contributed by atoms with van der Waals surface area (Å²) in [4.78, 5) is 0. The zero-order valence-electron chi connectivity index (χ0n) is 23.1. The van der Waals surface area contributed by atoms with Gasteiger partial charge in [-0.15, -0.1) is 0 Å². The van der Waals surface area contributed by atoms with Crippen LogP contribution >= 0.6 is 0 Å². The molecule has 0 saturated carbocycles. The fraction of sp³-hybridized carbons (Fsp3) is 1.00. The normalized spacial score (nSPS) is 16.1. The highest BCUT2D eigenvalue weighted by molar-refractivity contribution is 6.63. The smallest absolute Gasteiger partial charge is 0.370 e. The molecule has 0 aliphatic rings. The predicted molar refractivity (Wildman–Crippen MR) is 118 cm³/mol. The lowest BCUT2D eigenvalue weighted by Gasteiger charge is -2.45. The number of hydrogen-bond donors (Lipinski definition) is 0. The van der Waals surface area contributed by atoms with Crippen LogP contribution in [0, 0.1) is 0 Å². The van der Waals surface area contributed by atoms with E-state index in [4.69, 9.17) is 0 Å². The quantitative estimate of drug-likeness (QED) is 0.0681. The lowest BCUT2D eigenvalue weighted by atomic mass is 9.88. The van der Waals surface area contributed by atoms with Gasteiger partial charge in [-0.2, -0.15) is 70.2 Å². The van der Waals surface area contributed by atoms with Crippen molar-refractivity contribution in [3.05, 3.63) is 0 Å². The van der Waals surface area contributed by atoms with Crippen LogP contribution in [0.25, 0.3) is 0 Å². The van der Waals surface area contributed by atoms with Crippen molar-refractivity contribution in [1.82, 2.24) is 0 Å². The van der Waals surface area contributed by atoms with Gasteiger partial charge in [0.15, 0.2) is 6.17 Å². The van der Waals surface area contributed by atoms with E-state index in [1.807, 2.05) is 0 Å². The lowest BCUT2D eigenvalue weighted by molar-refractivity contribution is -0.453. The first-order valence-corrected chi connectivity index (χ1v) is 14.4. The first kappa shape index (κ1) is 41.9. The summed E-state index contributed by atoms with van der Waals surface area (Å²) in [5.74, 6) is -57.0. The summed E-state index contributed by atoms with van der Waals surface area (Å²) in [7, 11) is -6.79. The van der Waals surface area contributed by atoms with Crippen LogP contribution in [0.15, 0.2) is 0 Å². The molecule has 0 radical (unpaired) electrons. The number of hydrogen-bond acceptors (Lipinski definition) is 3. The zero-order valence-corrected chi connectivity index (χ0v) is 24.1. The van der Waals surface area contributed by atoms with Crippen molar-refractivity contribution in [1.29, 1.82) is 0 Å². The van der Waals surface area contributed by atoms with E-state index in [9.17, 15) is 65.9 Å². The summed E-state index contributed by atoms with van der Waals surface area (Å²) in [6, 6.07) is 0. The molecule has 0 fully saturated rings. The second kappa shape index (κ2) is 14.1. The van der Waals surface area contributed by atoms with Crippen LogP contribution < -0.4 is 0 Å². The third kappa shape index (κ3) is 6.87. The van der Waals surface area contributed by atoms with Crippen molar-refractivity contribution in [2.24, 2.45) is 0 Å². The van der Waals surface area contributed by atoms with Crippen molar-refractivity contribution >= 4 is 8.80 Å². The summed E-state index contributed by atoms with van der Waals surface area (Å²) in [5.41, 5.74) is -6.87. The molecule has 0 saturated heterocycles. The number of unbranched alkanes of at least 4 members (excludes halogenated alkanes) is 3. The highest BCUT2D eigenvalue weighted by Gasteiger charge is 2.97. The molecule has 3 nitrogen and oxygen atoms in total. The Morgan fingerprint density at radius 1 is 0.465 bits per heavy atom. The lowest BCUT2D eigenvalue weighted by Crippen LogP contribution is -2.79. The molecule has 1 atom stereocenters. The third-order valence-corrected chi connectivity index (χ3v) is 8.87. The van der Waals surface area contributed by atoms with Gasteiger partial charge in [-0.25, -0.2) is 4.39 Å². The summed E-state index contributed by atoms with van der Waals surface area (Å²) in [5, 5.41) is 0. The molecule has 0 amide bonds. The van der Waals surface area contributed by atoms with E-state index in [1.54, 1.807) is 0 Å². The minimum atomic E-state index is -8.65. The fourth-order valence-corrected chi connectivity index (χ4v) is 5.66. The summed E-state index contributed by atoms with van der Waals surface area (Å²) < 4.78 is 256. The molecule has 21 heteroatoms. The molecule has 1 unspecified atom stereocenters. The van der Waals surface area contributed by atoms with Gasteiger partial charge < -0.3 is 13.3 Å². The minimum Gasteiger partial charge on any atom is -0.370 e. The average molecular weight is 695 g/mol. The molecule has 0 rings (SSSR count). The van der Waals surface area contributed by atoms with Crippen LogP contribution in [0.5, 0.6) is 0 Å². The zero-order chi connectivity index (χ0) is 34.6. The largest absolute Gasteiger partial charge is 0.582 e. The van der Waals surface area contributed by atoms with Gasteiger partial charge in [-0.1, -0.05) is 40.0 Å². The third-order valence-electron chi connectivity index (χ3n) is 6.04. The van der Waals surface area contributed by atoms with Crippen LogP contribution in [-0.4, -0.2) is 81.8 Å². The maximum absolute atomic E-state index is 15.4. The maximum atomic E-state index is 15.4. The highest BCUT2D eigenvalue weighted by atomic mass is 28.4. The van der Waals surface area contributed by atoms with Gasteiger partial charge in [-0.05, 0) is 26.2 Å². The molecule has 43 heavy (non-hydrogen) atoms. The summed E-state index contributed by atoms with van der Waals surface area (Å²) >= 11 is 0. The summed E-state index contributed by atoms with van der Waals surface area (Å²) in [6.45, 7) is 0.408. The molecule has 0 N–H and O–H groups in total. The number of rotatable bonds is 21. The van der Waals surface area contributed by atoms with Gasteiger partial charge in [0.25, 0.3) is 0 Å². The monoisotopic (exact) mass is 694 g/mol. The molecule has 0 aromatic carbocycles. The Balaban J connectivity index is 7.29. The molecule has 0 aromatic heterocycles. The van der Waals surface area contributed by atoms with E-state index < -0.39 is 88.7 Å². The fourth-order valence-electron chi connectivity index (χ4n) is 3.09. The van der Waals surface area contributed by atoms with Crippen molar-refractivity contribution < 1.29 is 87.9 Å². The van der Waals surface area contributed by atoms with Gasteiger partial charge >= 0.3 is 55.8 Å². The number of halogens is 17. The van der Waals surface area contributed by atoms with E-state index >= 15 is 8.78 Å². The molecule has 0 aliphatic carbocycles. The second-order valence-electron chi connectivity index (χ2n) is 9.42. The van der Waals surface area contributed by atoms with E-state index in [0.717, 1.165) is 0 Å². The molecular formula is C22H31F17O3Si. The Labute approximate surface area is 236 Å². The Morgan fingerprint density at radius 2 is 0.721 bits per heavy atom. The number of alkyl halides is 17. The standard InChI is InChI=1S/C22H31F17O3Si/c1-5-8-11-40-43(41-12-9-6-2,42-13-10-7-3)22(38,39)21(36,37)20(34,35)19(32,33)18(30,31)17(28,29)16(26,27)15(24,25)14(4)23/h14H,5-13H2,1-4H3. The Bertz CT molecular complexity index is 841. The maximum Gasteiger partial charge on any atom is 0.582 e. The molecular weight excluding hydrogens is 663 g/mol. The first-order valence-electron chi connectivity index (χ1n) is 12.7. The van der Waals surface area contributed by atoms with Gasteiger partial charge in [-0.3, -0.25) is 0 Å². The highest BCUT2D eigenvalue weighted by Crippen LogP contribution is 2.65. The van der Waals surface area contributed by atoms with Crippen LogP contribution in [0.4, 0.5) is 74.6 Å². The van der Waals surface area contributed by atoms with Gasteiger partial charge in [0.1, 0.15) is 0 Å². The van der Waals surface area contributed by atoms with Crippen molar-refractivity contribution in [2.45, 2.75) is 119 Å². The van der Waals surface area contributed by atoms with Crippen LogP contribution in [0.1, 0.15) is 66.2 Å². The van der Waals surface area contributed by atoms with Gasteiger partial charge in [0.2, 0.25) is 0 Å². The second-order valence-corrected chi connectivity index (χ2v) is 12.0. The van der Waals surface area contributed by atoms with Crippen molar-refractivity contribution in [3.8, 4) is 0 Å². The van der Waals surface area contributed by atoms with E-state index in [0.29, 0.717) is 0 Å². The predicted octanol–water partition coefficient (Wildman–Crippen LogP) is 9.35. The van der Waals surface area contributed by atoms with Gasteiger partial charge in [0, 0.05) is 19.8 Å². The minimum absolute atomic E-state index is 0.0578. The molecule has 0 heterocycles. The van der Waals surface area contributed by atoms with Crippen LogP contribution in [0.3, 0.4) is 0 Å². The SMILES string of the molecule is CCCCO[Si](OCCCC)(OCCCC)C(F)(F)C(F)(F)C(F)(F)C(F)(F)C(F)(F)C(F)(F)C(F)(F)C(F)(F)C(C)F. The van der Waals surface area contributed by atoms with Crippen molar-refractivity contribution in [2.75, 3.05) is 19.8 Å². The Kier molecular flexibility index (Phi) is 13.8. The van der Waals surface area contributed by atoms with Crippen LogP contribution in [0.2, 0.25) is 0 Å². The summed E-state index contributed by atoms with van der Waals surface area (Å²) in [6.07, 6.45) is -5.23. The molecule has 0 bridgehead atoms. The van der Waals surface area contributed by atoms with Crippen LogP contribution in [-0.2, 0) is 13.3 Å². The molecule has 0 aromatic rings. The molecule has 260 valence electrons. The van der Waals surface area contributed by atoms with E-state index in [-0.39, 0.29) is 38.5 Å². The molecule has 0 aliphatic heterocycles. The first-order chi connectivity index (χ1) is 19.1. The Morgan fingerprint density at radius 3 is 0.977 bits per heavy atom. The van der Waals surface area contributed by atoms with E-state index in [2.05, 4.69) is 13.3 Å². The van der Waals surface area contributed by atoms with E-state index in [1.165, 1.54) is 20.8 Å². The Hall–Kier alpha value is -1.09. The van der Waals surface area contributed by atoms with Gasteiger partial charge in [0.05, 0.1) is 0 Å². The van der Waals surface area contributed by atoms with Crippen molar-refractivity contribution in [3.63, 3.8) is 0 Å². The topological polar surface area (TPSA) is 27.7 Å². The average Bonchev–Trinajstić information content (AvgIpc) is 2.87.